The summed E-state index contributed by atoms with van der Waals surface area (Å²) in [6, 6.07) is 1.93. The van der Waals surface area contributed by atoms with Gasteiger partial charge in [-0.2, -0.15) is 10.1 Å². The van der Waals surface area contributed by atoms with E-state index < -0.39 is 0 Å². The first kappa shape index (κ1) is 11.1. The van der Waals surface area contributed by atoms with Gasteiger partial charge in [0.25, 0.3) is 0 Å². The first-order valence-electron chi connectivity index (χ1n) is 5.25. The molecule has 18 heavy (non-hydrogen) atoms. The summed E-state index contributed by atoms with van der Waals surface area (Å²) in [4.78, 5) is 12.8. The number of hydrogen-bond donors (Lipinski definition) is 1. The molecule has 0 saturated heterocycles. The molecular formula is C11H9BrN6. The van der Waals surface area contributed by atoms with Gasteiger partial charge in [0.15, 0.2) is 5.65 Å². The molecule has 0 fully saturated rings. The Morgan fingerprint density at radius 2 is 2.11 bits per heavy atom. The molecule has 0 bridgehead atoms. The normalized spacial score (nSPS) is 10.8. The van der Waals surface area contributed by atoms with Crippen molar-refractivity contribution in [3.05, 3.63) is 35.3 Å². The lowest BCUT2D eigenvalue weighted by Crippen LogP contribution is -1.97. The summed E-state index contributed by atoms with van der Waals surface area (Å²) in [5, 5.41) is 8.03. The summed E-state index contributed by atoms with van der Waals surface area (Å²) in [6.45, 7) is 0. The van der Waals surface area contributed by atoms with Gasteiger partial charge in [-0.05, 0) is 22.0 Å². The zero-order chi connectivity index (χ0) is 12.5. The number of halogens is 1. The molecule has 0 radical (unpaired) electrons. The van der Waals surface area contributed by atoms with Crippen molar-refractivity contribution in [3.8, 4) is 0 Å². The van der Waals surface area contributed by atoms with Crippen molar-refractivity contribution >= 4 is 38.6 Å². The van der Waals surface area contributed by atoms with Gasteiger partial charge in [0.1, 0.15) is 0 Å². The average Bonchev–Trinajstić information content (AvgIpc) is 2.75. The molecule has 6 nitrogen and oxygen atoms in total. The van der Waals surface area contributed by atoms with E-state index in [1.54, 1.807) is 23.3 Å². The highest BCUT2D eigenvalue weighted by Gasteiger charge is 2.03. The van der Waals surface area contributed by atoms with Crippen LogP contribution in [0.4, 0.5) is 11.6 Å². The van der Waals surface area contributed by atoms with Crippen LogP contribution in [0.3, 0.4) is 0 Å². The summed E-state index contributed by atoms with van der Waals surface area (Å²) in [5.41, 5.74) is 1.49. The molecule has 3 aromatic rings. The minimum absolute atomic E-state index is 0.505. The zero-order valence-electron chi connectivity index (χ0n) is 9.50. The van der Waals surface area contributed by atoms with E-state index in [4.69, 9.17) is 0 Å². The third kappa shape index (κ3) is 2.17. The molecule has 0 spiro atoms. The quantitative estimate of drug-likeness (QED) is 0.786. The van der Waals surface area contributed by atoms with E-state index in [0.29, 0.717) is 11.6 Å². The predicted molar refractivity (Wildman–Crippen MR) is 71.5 cm³/mol. The number of rotatable bonds is 2. The lowest BCUT2D eigenvalue weighted by Gasteiger charge is -2.02. The second kappa shape index (κ2) is 4.34. The number of aryl methyl sites for hydroxylation is 1. The van der Waals surface area contributed by atoms with Gasteiger partial charge < -0.3 is 5.32 Å². The van der Waals surface area contributed by atoms with Crippen LogP contribution in [-0.2, 0) is 7.05 Å². The monoisotopic (exact) mass is 304 g/mol. The second-order valence-electron chi connectivity index (χ2n) is 3.79. The molecule has 3 rings (SSSR count). The van der Waals surface area contributed by atoms with Crippen molar-refractivity contribution in [1.82, 2.24) is 24.7 Å². The Hall–Kier alpha value is -2.02. The van der Waals surface area contributed by atoms with E-state index in [9.17, 15) is 0 Å². The minimum atomic E-state index is 0.505. The Bertz CT molecular complexity index is 708. The molecule has 0 aliphatic carbocycles. The molecule has 0 unspecified atom stereocenters. The van der Waals surface area contributed by atoms with Gasteiger partial charge in [0, 0.05) is 35.5 Å². The van der Waals surface area contributed by atoms with Gasteiger partial charge in [0.2, 0.25) is 5.95 Å². The summed E-state index contributed by atoms with van der Waals surface area (Å²) in [6.07, 6.45) is 7.01. The van der Waals surface area contributed by atoms with Gasteiger partial charge in [-0.25, -0.2) is 9.97 Å². The molecule has 1 N–H and O–H groups in total. The van der Waals surface area contributed by atoms with Crippen LogP contribution in [0.1, 0.15) is 0 Å². The van der Waals surface area contributed by atoms with Crippen molar-refractivity contribution in [2.45, 2.75) is 0 Å². The van der Waals surface area contributed by atoms with Crippen molar-refractivity contribution in [2.75, 3.05) is 5.32 Å². The lowest BCUT2D eigenvalue weighted by atomic mass is 10.3. The van der Waals surface area contributed by atoms with E-state index >= 15 is 0 Å². The zero-order valence-corrected chi connectivity index (χ0v) is 11.1. The van der Waals surface area contributed by atoms with Gasteiger partial charge in [-0.15, -0.1) is 0 Å². The number of nitrogens with zero attached hydrogens (tertiary/aromatic N) is 5. The fraction of sp³-hybridized carbons (Fsp3) is 0.0909. The predicted octanol–water partition coefficient (Wildman–Crippen LogP) is 2.26. The number of anilines is 2. The number of hydrogen-bond acceptors (Lipinski definition) is 5. The van der Waals surface area contributed by atoms with Crippen LogP contribution in [0.2, 0.25) is 0 Å². The van der Waals surface area contributed by atoms with E-state index in [2.05, 4.69) is 41.3 Å². The van der Waals surface area contributed by atoms with Gasteiger partial charge in [-0.3, -0.25) is 4.68 Å². The molecule has 90 valence electrons. The molecule has 0 amide bonds. The van der Waals surface area contributed by atoms with Crippen LogP contribution in [0.25, 0.3) is 11.0 Å². The second-order valence-corrected chi connectivity index (χ2v) is 4.70. The Labute approximate surface area is 111 Å². The first-order valence-corrected chi connectivity index (χ1v) is 6.04. The van der Waals surface area contributed by atoms with E-state index in [0.717, 1.165) is 15.5 Å². The van der Waals surface area contributed by atoms with E-state index in [1.165, 1.54) is 0 Å². The fourth-order valence-electron chi connectivity index (χ4n) is 1.57. The lowest BCUT2D eigenvalue weighted by molar-refractivity contribution is 0.768. The third-order valence-corrected chi connectivity index (χ3v) is 2.79. The Morgan fingerprint density at radius 3 is 2.89 bits per heavy atom. The third-order valence-electron chi connectivity index (χ3n) is 2.36. The minimum Gasteiger partial charge on any atom is -0.321 e. The van der Waals surface area contributed by atoms with Crippen LogP contribution in [-0.4, -0.2) is 24.7 Å². The van der Waals surface area contributed by atoms with Gasteiger partial charge in [-0.1, -0.05) is 0 Å². The highest BCUT2D eigenvalue weighted by atomic mass is 79.9. The van der Waals surface area contributed by atoms with E-state index in [1.807, 2.05) is 19.3 Å². The maximum absolute atomic E-state index is 4.33. The van der Waals surface area contributed by atoms with Crippen LogP contribution in [0.5, 0.6) is 0 Å². The molecule has 7 heteroatoms. The molecule has 0 atom stereocenters. The maximum atomic E-state index is 4.33. The Morgan fingerprint density at radius 1 is 1.22 bits per heavy atom. The summed E-state index contributed by atoms with van der Waals surface area (Å²) >= 11 is 3.36. The molecule has 0 aromatic carbocycles. The summed E-state index contributed by atoms with van der Waals surface area (Å²) < 4.78 is 2.62. The molecular weight excluding hydrogens is 296 g/mol. The Balaban J connectivity index is 1.96. The molecule has 0 aliphatic rings. The van der Waals surface area contributed by atoms with Gasteiger partial charge in [0.05, 0.1) is 11.9 Å². The molecule has 3 heterocycles. The topological polar surface area (TPSA) is 68.5 Å². The molecule has 0 saturated carbocycles. The van der Waals surface area contributed by atoms with E-state index in [-0.39, 0.29) is 0 Å². The number of fused-ring (bicyclic) bond motifs is 1. The highest BCUT2D eigenvalue weighted by Crippen LogP contribution is 2.17. The van der Waals surface area contributed by atoms with Crippen molar-refractivity contribution < 1.29 is 0 Å². The van der Waals surface area contributed by atoms with Crippen molar-refractivity contribution in [2.24, 2.45) is 7.05 Å². The fourth-order valence-corrected chi connectivity index (χ4v) is 1.92. The first-order chi connectivity index (χ1) is 8.70. The largest absolute Gasteiger partial charge is 0.321 e. The van der Waals surface area contributed by atoms with Crippen LogP contribution in [0.15, 0.2) is 35.3 Å². The summed E-state index contributed by atoms with van der Waals surface area (Å²) in [7, 11) is 1.85. The summed E-state index contributed by atoms with van der Waals surface area (Å²) in [5.74, 6) is 0.505. The standard InChI is InChI=1S/C11H9BrN6/c1-18-6-9(5-15-18)16-11-14-3-7-2-8(12)4-13-10(7)17-11/h2-6H,1H3,(H,13,14,16,17). The smallest absolute Gasteiger partial charge is 0.229 e. The maximum Gasteiger partial charge on any atom is 0.229 e. The molecule has 3 aromatic heterocycles. The Kier molecular flexibility index (Phi) is 2.67. The van der Waals surface area contributed by atoms with Gasteiger partial charge >= 0.3 is 0 Å². The number of pyridine rings is 1. The van der Waals surface area contributed by atoms with Crippen molar-refractivity contribution in [3.63, 3.8) is 0 Å². The SMILES string of the molecule is Cn1cc(Nc2ncc3cc(Br)cnc3n2)cn1. The number of nitrogens with one attached hydrogen (secondary N) is 1. The van der Waals surface area contributed by atoms with Crippen LogP contribution >= 0.6 is 15.9 Å². The highest BCUT2D eigenvalue weighted by molar-refractivity contribution is 9.10. The van der Waals surface area contributed by atoms with Crippen molar-refractivity contribution in [1.29, 1.82) is 0 Å². The molecule has 0 aliphatic heterocycles. The van der Waals surface area contributed by atoms with Crippen LogP contribution < -0.4 is 5.32 Å². The van der Waals surface area contributed by atoms with Crippen LogP contribution in [0, 0.1) is 0 Å². The number of aromatic nitrogens is 5. The average molecular weight is 305 g/mol.